The Morgan fingerprint density at radius 3 is 3.00 bits per heavy atom. The van der Waals surface area contributed by atoms with Crippen LogP contribution in [0, 0.1) is 0 Å². The Morgan fingerprint density at radius 1 is 1.57 bits per heavy atom. The third kappa shape index (κ3) is 3.65. The summed E-state index contributed by atoms with van der Waals surface area (Å²) in [6.07, 6.45) is 0. The van der Waals surface area contributed by atoms with Gasteiger partial charge in [0.25, 0.3) is 0 Å². The summed E-state index contributed by atoms with van der Waals surface area (Å²) in [6.45, 7) is 0. The Kier molecular flexibility index (Phi) is 4.93. The van der Waals surface area contributed by atoms with Crippen LogP contribution in [0.15, 0.2) is 24.3 Å². The Balaban J connectivity index is 2.59. The molecule has 4 heteroatoms. The van der Waals surface area contributed by atoms with Gasteiger partial charge in [0.1, 0.15) is 4.99 Å². The molecule has 0 unspecified atom stereocenters. The maximum Gasteiger partial charge on any atom is 0.103 e. The second kappa shape index (κ2) is 6.01. The van der Waals surface area contributed by atoms with Gasteiger partial charge in [0.05, 0.1) is 5.94 Å². The van der Waals surface area contributed by atoms with Gasteiger partial charge in [-0.2, -0.15) is 0 Å². The van der Waals surface area contributed by atoms with Crippen molar-refractivity contribution in [3.63, 3.8) is 0 Å². The molecular formula is C10H13NOS2. The highest BCUT2D eigenvalue weighted by atomic mass is 32.2. The number of benzene rings is 1. The van der Waals surface area contributed by atoms with Gasteiger partial charge in [-0.05, 0) is 11.6 Å². The Morgan fingerprint density at radius 2 is 2.36 bits per heavy atom. The molecule has 1 rings (SSSR count). The fourth-order valence-electron chi connectivity index (χ4n) is 1.06. The molecule has 1 aromatic rings. The normalized spacial score (nSPS) is 10.1. The zero-order valence-electron chi connectivity index (χ0n) is 8.03. The van der Waals surface area contributed by atoms with Crippen LogP contribution in [-0.4, -0.2) is 18.0 Å². The minimum Gasteiger partial charge on any atom is -0.389 e. The Hall–Kier alpha value is -0.580. The molecule has 0 atom stereocenters. The maximum atomic E-state index is 5.54. The lowest BCUT2D eigenvalue weighted by Crippen LogP contribution is -2.09. The smallest absolute Gasteiger partial charge is 0.103 e. The van der Waals surface area contributed by atoms with Crippen LogP contribution in [0.5, 0.6) is 0 Å². The van der Waals surface area contributed by atoms with Crippen LogP contribution in [-0.2, 0) is 10.5 Å². The van der Waals surface area contributed by atoms with E-state index >= 15 is 0 Å². The zero-order valence-corrected chi connectivity index (χ0v) is 9.66. The summed E-state index contributed by atoms with van der Waals surface area (Å²) in [6, 6.07) is 7.97. The lowest BCUT2D eigenvalue weighted by Gasteiger charge is -2.03. The third-order valence-corrected chi connectivity index (χ3v) is 2.86. The van der Waals surface area contributed by atoms with Gasteiger partial charge in [-0.25, -0.2) is 0 Å². The van der Waals surface area contributed by atoms with Crippen molar-refractivity contribution in [1.29, 1.82) is 0 Å². The Labute approximate surface area is 93.8 Å². The maximum absolute atomic E-state index is 5.54. The summed E-state index contributed by atoms with van der Waals surface area (Å²) in [5, 5.41) is 0. The van der Waals surface area contributed by atoms with Gasteiger partial charge < -0.3 is 10.5 Å². The largest absolute Gasteiger partial charge is 0.389 e. The highest BCUT2D eigenvalue weighted by Gasteiger charge is 1.98. The van der Waals surface area contributed by atoms with Gasteiger partial charge in [-0.15, -0.1) is 11.8 Å². The van der Waals surface area contributed by atoms with E-state index < -0.39 is 0 Å². The van der Waals surface area contributed by atoms with Crippen molar-refractivity contribution in [2.45, 2.75) is 5.75 Å². The monoisotopic (exact) mass is 227 g/mol. The molecule has 0 aliphatic carbocycles. The first-order chi connectivity index (χ1) is 6.74. The molecule has 0 aliphatic heterocycles. The summed E-state index contributed by atoms with van der Waals surface area (Å²) in [5.41, 5.74) is 7.68. The lowest BCUT2D eigenvalue weighted by atomic mass is 10.1. The van der Waals surface area contributed by atoms with Crippen LogP contribution < -0.4 is 5.73 Å². The van der Waals surface area contributed by atoms with Crippen LogP contribution in [0.25, 0.3) is 0 Å². The topological polar surface area (TPSA) is 35.2 Å². The predicted molar refractivity (Wildman–Crippen MR) is 65.5 cm³/mol. The molecule has 0 spiro atoms. The molecule has 0 saturated heterocycles. The zero-order chi connectivity index (χ0) is 10.4. The second-order valence-electron chi connectivity index (χ2n) is 2.82. The number of thioether (sulfide) groups is 1. The molecule has 76 valence electrons. The van der Waals surface area contributed by atoms with E-state index in [4.69, 9.17) is 22.7 Å². The molecule has 1 aromatic carbocycles. The second-order valence-corrected chi connectivity index (χ2v) is 4.19. The number of hydrogen-bond acceptors (Lipinski definition) is 3. The predicted octanol–water partition coefficient (Wildman–Crippen LogP) is 2.16. The van der Waals surface area contributed by atoms with Crippen molar-refractivity contribution < 1.29 is 4.74 Å². The van der Waals surface area contributed by atoms with E-state index in [0.29, 0.717) is 10.9 Å². The van der Waals surface area contributed by atoms with Gasteiger partial charge in [-0.3, -0.25) is 0 Å². The fraction of sp³-hybridized carbons (Fsp3) is 0.300. The van der Waals surface area contributed by atoms with E-state index in [0.717, 1.165) is 11.3 Å². The average molecular weight is 227 g/mol. The highest BCUT2D eigenvalue weighted by Crippen LogP contribution is 2.13. The molecular weight excluding hydrogens is 214 g/mol. The molecule has 0 bridgehead atoms. The van der Waals surface area contributed by atoms with Gasteiger partial charge in [0.15, 0.2) is 0 Å². The number of thiocarbonyl (C=S) groups is 1. The van der Waals surface area contributed by atoms with E-state index in [9.17, 15) is 0 Å². The minimum atomic E-state index is 0.448. The van der Waals surface area contributed by atoms with Crippen LogP contribution in [0.4, 0.5) is 0 Å². The highest BCUT2D eigenvalue weighted by molar-refractivity contribution is 7.98. The van der Waals surface area contributed by atoms with Gasteiger partial charge in [0, 0.05) is 18.4 Å². The van der Waals surface area contributed by atoms with Crippen molar-refractivity contribution in [2.75, 3.05) is 13.0 Å². The van der Waals surface area contributed by atoms with E-state index in [1.165, 1.54) is 5.56 Å². The molecule has 0 aromatic heterocycles. The van der Waals surface area contributed by atoms with Crippen molar-refractivity contribution in [3.05, 3.63) is 35.4 Å². The van der Waals surface area contributed by atoms with Gasteiger partial charge in [-0.1, -0.05) is 30.4 Å². The van der Waals surface area contributed by atoms with E-state index in [2.05, 4.69) is 6.07 Å². The van der Waals surface area contributed by atoms with Crippen molar-refractivity contribution >= 4 is 29.0 Å². The average Bonchev–Trinajstić information content (AvgIpc) is 2.19. The molecule has 0 radical (unpaired) electrons. The SMILES string of the molecule is COCSCc1cccc(C(N)=S)c1. The molecule has 2 N–H and O–H groups in total. The fourth-order valence-corrected chi connectivity index (χ4v) is 1.85. The summed E-state index contributed by atoms with van der Waals surface area (Å²) in [7, 11) is 1.69. The lowest BCUT2D eigenvalue weighted by molar-refractivity contribution is 0.259. The number of ether oxygens (including phenoxy) is 1. The van der Waals surface area contributed by atoms with Crippen molar-refractivity contribution in [3.8, 4) is 0 Å². The summed E-state index contributed by atoms with van der Waals surface area (Å²) in [4.78, 5) is 0.448. The molecule has 0 amide bonds. The van der Waals surface area contributed by atoms with Crippen LogP contribution in [0.1, 0.15) is 11.1 Å². The Bertz CT molecular complexity index is 315. The standard InChI is InChI=1S/C10H13NOS2/c1-12-7-14-6-8-3-2-4-9(5-8)10(11)13/h2-5H,6-7H2,1H3,(H2,11,13). The van der Waals surface area contributed by atoms with Crippen molar-refractivity contribution in [1.82, 2.24) is 0 Å². The van der Waals surface area contributed by atoms with E-state index in [1.54, 1.807) is 18.9 Å². The molecule has 0 saturated carbocycles. The van der Waals surface area contributed by atoms with Crippen LogP contribution >= 0.6 is 24.0 Å². The number of hydrogen-bond donors (Lipinski definition) is 1. The van der Waals surface area contributed by atoms with E-state index in [1.807, 2.05) is 18.2 Å². The molecule has 14 heavy (non-hydrogen) atoms. The molecule has 2 nitrogen and oxygen atoms in total. The van der Waals surface area contributed by atoms with Crippen LogP contribution in [0.3, 0.4) is 0 Å². The van der Waals surface area contributed by atoms with Crippen molar-refractivity contribution in [2.24, 2.45) is 5.73 Å². The van der Waals surface area contributed by atoms with Crippen LogP contribution in [0.2, 0.25) is 0 Å². The number of nitrogens with two attached hydrogens (primary N) is 1. The minimum absolute atomic E-state index is 0.448. The molecule has 0 heterocycles. The van der Waals surface area contributed by atoms with Gasteiger partial charge in [0.2, 0.25) is 0 Å². The number of rotatable bonds is 5. The first-order valence-corrected chi connectivity index (χ1v) is 5.75. The number of methoxy groups -OCH3 is 1. The first kappa shape index (κ1) is 11.5. The third-order valence-electron chi connectivity index (χ3n) is 1.68. The summed E-state index contributed by atoms with van der Waals surface area (Å²) >= 11 is 6.62. The summed E-state index contributed by atoms with van der Waals surface area (Å²) in [5.74, 6) is 1.63. The first-order valence-electron chi connectivity index (χ1n) is 4.19. The summed E-state index contributed by atoms with van der Waals surface area (Å²) < 4.78 is 4.95. The molecule has 0 aliphatic rings. The van der Waals surface area contributed by atoms with E-state index in [-0.39, 0.29) is 0 Å². The quantitative estimate of drug-likeness (QED) is 0.475. The van der Waals surface area contributed by atoms with Gasteiger partial charge >= 0.3 is 0 Å². The molecule has 0 fully saturated rings.